The Morgan fingerprint density at radius 3 is 3.08 bits per heavy atom. The Bertz CT molecular complexity index is 753. The van der Waals surface area contributed by atoms with Crippen LogP contribution in [-0.4, -0.2) is 37.7 Å². The standard InChI is InChI=1S/C18H20N2O5/c1-22-13-4-2-3-11(7-13)17-16(24-18(21)19-17)9-14-8-15(20-25-14)12-5-6-23-10-12/h2-4,7-8,12,16-17H,5-6,9-10H2,1H3,(H,19,21)/t12?,16-,17-/m0/s1. The van der Waals surface area contributed by atoms with Gasteiger partial charge in [0.15, 0.2) is 0 Å². The van der Waals surface area contributed by atoms with Crippen LogP contribution in [0.2, 0.25) is 0 Å². The monoisotopic (exact) mass is 344 g/mol. The van der Waals surface area contributed by atoms with Crippen molar-refractivity contribution < 1.29 is 23.5 Å². The molecule has 3 atom stereocenters. The van der Waals surface area contributed by atoms with E-state index in [1.54, 1.807) is 7.11 Å². The maximum atomic E-state index is 11.8. The fourth-order valence-corrected chi connectivity index (χ4v) is 3.34. The normalized spacial score (nSPS) is 25.6. The number of aromatic nitrogens is 1. The molecule has 4 rings (SSSR count). The largest absolute Gasteiger partial charge is 0.497 e. The van der Waals surface area contributed by atoms with Crippen LogP contribution in [-0.2, 0) is 15.9 Å². The van der Waals surface area contributed by atoms with Gasteiger partial charge in [0.1, 0.15) is 17.6 Å². The molecular weight excluding hydrogens is 324 g/mol. The number of alkyl carbamates (subject to hydrolysis) is 1. The molecule has 1 aromatic heterocycles. The molecule has 2 aliphatic heterocycles. The number of carbonyl (C=O) groups is 1. The van der Waals surface area contributed by atoms with Crippen molar-refractivity contribution in [3.8, 4) is 5.75 Å². The molecule has 1 amide bonds. The molecule has 2 aromatic rings. The highest BCUT2D eigenvalue weighted by atomic mass is 16.6. The van der Waals surface area contributed by atoms with Gasteiger partial charge in [-0.05, 0) is 24.1 Å². The third kappa shape index (κ3) is 3.32. The molecule has 0 aliphatic carbocycles. The Hall–Kier alpha value is -2.54. The lowest BCUT2D eigenvalue weighted by Gasteiger charge is -2.16. The zero-order chi connectivity index (χ0) is 17.2. The van der Waals surface area contributed by atoms with E-state index in [0.29, 0.717) is 18.8 Å². The number of ether oxygens (including phenoxy) is 3. The third-order valence-corrected chi connectivity index (χ3v) is 4.68. The number of rotatable bonds is 5. The number of nitrogens with zero attached hydrogens (tertiary/aromatic N) is 1. The zero-order valence-electron chi connectivity index (χ0n) is 13.9. The van der Waals surface area contributed by atoms with Crippen LogP contribution >= 0.6 is 0 Å². The van der Waals surface area contributed by atoms with Crippen molar-refractivity contribution in [3.05, 3.63) is 47.3 Å². The van der Waals surface area contributed by atoms with E-state index in [9.17, 15) is 4.79 Å². The van der Waals surface area contributed by atoms with E-state index in [1.807, 2.05) is 30.3 Å². The smallest absolute Gasteiger partial charge is 0.408 e. The fourth-order valence-electron chi connectivity index (χ4n) is 3.34. The molecule has 0 radical (unpaired) electrons. The summed E-state index contributed by atoms with van der Waals surface area (Å²) in [6, 6.07) is 9.27. The first kappa shape index (κ1) is 16.0. The van der Waals surface area contributed by atoms with Crippen LogP contribution in [0.1, 0.15) is 35.4 Å². The predicted molar refractivity (Wildman–Crippen MR) is 87.5 cm³/mol. The summed E-state index contributed by atoms with van der Waals surface area (Å²) < 4.78 is 21.5. The fraction of sp³-hybridized carbons (Fsp3) is 0.444. The van der Waals surface area contributed by atoms with Gasteiger partial charge in [-0.1, -0.05) is 17.3 Å². The van der Waals surface area contributed by atoms with Gasteiger partial charge in [0.05, 0.1) is 25.5 Å². The Morgan fingerprint density at radius 1 is 1.36 bits per heavy atom. The Kier molecular flexibility index (Phi) is 4.31. The SMILES string of the molecule is COc1cccc([C@@H]2NC(=O)O[C@H]2Cc2cc(C3CCOC3)no2)c1. The van der Waals surface area contributed by atoms with Gasteiger partial charge in [-0.25, -0.2) is 4.79 Å². The van der Waals surface area contributed by atoms with E-state index >= 15 is 0 Å². The summed E-state index contributed by atoms with van der Waals surface area (Å²) in [5.41, 5.74) is 1.84. The summed E-state index contributed by atoms with van der Waals surface area (Å²) >= 11 is 0. The first-order valence-corrected chi connectivity index (χ1v) is 8.37. The highest BCUT2D eigenvalue weighted by Crippen LogP contribution is 2.31. The van der Waals surface area contributed by atoms with Crippen LogP contribution in [0, 0.1) is 0 Å². The van der Waals surface area contributed by atoms with Gasteiger partial charge in [-0.15, -0.1) is 0 Å². The van der Waals surface area contributed by atoms with Gasteiger partial charge in [-0.2, -0.15) is 0 Å². The summed E-state index contributed by atoms with van der Waals surface area (Å²) in [5.74, 6) is 1.73. The lowest BCUT2D eigenvalue weighted by atomic mass is 9.98. The van der Waals surface area contributed by atoms with Gasteiger partial charge in [0.25, 0.3) is 0 Å². The molecule has 2 saturated heterocycles. The number of hydrogen-bond acceptors (Lipinski definition) is 6. The van der Waals surface area contributed by atoms with Crippen LogP contribution in [0.5, 0.6) is 5.75 Å². The van der Waals surface area contributed by atoms with Crippen LogP contribution in [0.15, 0.2) is 34.9 Å². The maximum absolute atomic E-state index is 11.8. The van der Waals surface area contributed by atoms with Gasteiger partial charge >= 0.3 is 6.09 Å². The number of amides is 1. The second kappa shape index (κ2) is 6.76. The van der Waals surface area contributed by atoms with Crippen molar-refractivity contribution in [1.82, 2.24) is 10.5 Å². The summed E-state index contributed by atoms with van der Waals surface area (Å²) in [6.07, 6.45) is 0.626. The van der Waals surface area contributed by atoms with Crippen molar-refractivity contribution in [2.75, 3.05) is 20.3 Å². The molecule has 7 nitrogen and oxygen atoms in total. The highest BCUT2D eigenvalue weighted by Gasteiger charge is 2.36. The molecule has 3 heterocycles. The molecule has 132 valence electrons. The van der Waals surface area contributed by atoms with E-state index in [1.165, 1.54) is 0 Å². The molecular formula is C18H20N2O5. The summed E-state index contributed by atoms with van der Waals surface area (Å²) in [4.78, 5) is 11.8. The van der Waals surface area contributed by atoms with E-state index in [2.05, 4.69) is 10.5 Å². The topological polar surface area (TPSA) is 82.8 Å². The van der Waals surface area contributed by atoms with Crippen molar-refractivity contribution in [1.29, 1.82) is 0 Å². The quantitative estimate of drug-likeness (QED) is 0.898. The molecule has 25 heavy (non-hydrogen) atoms. The van der Waals surface area contributed by atoms with Crippen LogP contribution in [0.3, 0.4) is 0 Å². The number of hydrogen-bond donors (Lipinski definition) is 1. The number of cyclic esters (lactones) is 1. The van der Waals surface area contributed by atoms with Crippen molar-refractivity contribution in [2.24, 2.45) is 0 Å². The zero-order valence-corrected chi connectivity index (χ0v) is 13.9. The van der Waals surface area contributed by atoms with E-state index in [-0.39, 0.29) is 18.1 Å². The van der Waals surface area contributed by atoms with Gasteiger partial charge in [0.2, 0.25) is 0 Å². The van der Waals surface area contributed by atoms with Crippen molar-refractivity contribution >= 4 is 6.09 Å². The molecule has 0 saturated carbocycles. The minimum Gasteiger partial charge on any atom is -0.497 e. The maximum Gasteiger partial charge on any atom is 0.408 e. The lowest BCUT2D eigenvalue weighted by molar-refractivity contribution is 0.126. The number of methoxy groups -OCH3 is 1. The minimum atomic E-state index is -0.429. The molecule has 2 aliphatic rings. The third-order valence-electron chi connectivity index (χ3n) is 4.68. The van der Waals surface area contributed by atoms with E-state index in [0.717, 1.165) is 30.0 Å². The molecule has 7 heteroatoms. The number of nitrogens with one attached hydrogen (secondary N) is 1. The lowest BCUT2D eigenvalue weighted by Crippen LogP contribution is -2.24. The van der Waals surface area contributed by atoms with Crippen molar-refractivity contribution in [2.45, 2.75) is 30.9 Å². The molecule has 0 bridgehead atoms. The van der Waals surface area contributed by atoms with Crippen LogP contribution < -0.4 is 10.1 Å². The first-order valence-electron chi connectivity index (χ1n) is 8.37. The Balaban J connectivity index is 1.50. The second-order valence-corrected chi connectivity index (χ2v) is 6.33. The summed E-state index contributed by atoms with van der Waals surface area (Å²) in [6.45, 7) is 1.44. The number of carbonyl (C=O) groups excluding carboxylic acids is 1. The van der Waals surface area contributed by atoms with Gasteiger partial charge in [-0.3, -0.25) is 0 Å². The van der Waals surface area contributed by atoms with Gasteiger partial charge in [0, 0.05) is 25.0 Å². The van der Waals surface area contributed by atoms with Gasteiger partial charge < -0.3 is 24.1 Å². The highest BCUT2D eigenvalue weighted by molar-refractivity contribution is 5.70. The Morgan fingerprint density at radius 2 is 2.28 bits per heavy atom. The molecule has 2 fully saturated rings. The van der Waals surface area contributed by atoms with E-state index in [4.69, 9.17) is 18.7 Å². The van der Waals surface area contributed by atoms with Crippen LogP contribution in [0.25, 0.3) is 0 Å². The summed E-state index contributed by atoms with van der Waals surface area (Å²) in [7, 11) is 1.61. The number of benzene rings is 1. The molecule has 0 spiro atoms. The first-order chi connectivity index (χ1) is 12.2. The second-order valence-electron chi connectivity index (χ2n) is 6.33. The van der Waals surface area contributed by atoms with Crippen molar-refractivity contribution in [3.63, 3.8) is 0 Å². The summed E-state index contributed by atoms with van der Waals surface area (Å²) in [5, 5.41) is 7.00. The van der Waals surface area contributed by atoms with Crippen LogP contribution in [0.4, 0.5) is 4.79 Å². The average Bonchev–Trinajstić information content (AvgIpc) is 3.36. The molecule has 1 N–H and O–H groups in total. The molecule has 1 aromatic carbocycles. The predicted octanol–water partition coefficient (Wildman–Crippen LogP) is 2.58. The Labute approximate surface area is 145 Å². The molecule has 1 unspecified atom stereocenters. The van der Waals surface area contributed by atoms with E-state index < -0.39 is 6.09 Å². The minimum absolute atomic E-state index is 0.258. The average molecular weight is 344 g/mol.